The maximum atomic E-state index is 13.4. The molecule has 1 aromatic heterocycles. The van der Waals surface area contributed by atoms with E-state index in [0.29, 0.717) is 43.2 Å². The molecular weight excluding hydrogens is 572 g/mol. The summed E-state index contributed by atoms with van der Waals surface area (Å²) in [6.45, 7) is 7.99. The van der Waals surface area contributed by atoms with E-state index >= 15 is 0 Å². The predicted molar refractivity (Wildman–Crippen MR) is 175 cm³/mol. The Morgan fingerprint density at radius 3 is 2.43 bits per heavy atom. The molecule has 44 heavy (non-hydrogen) atoms. The number of carbonyl (C=O) groups is 2. The van der Waals surface area contributed by atoms with E-state index in [4.69, 9.17) is 4.74 Å². The Bertz CT molecular complexity index is 1510. The van der Waals surface area contributed by atoms with Crippen LogP contribution in [0.15, 0.2) is 84.2 Å². The molecule has 0 unspecified atom stereocenters. The van der Waals surface area contributed by atoms with Crippen molar-refractivity contribution in [2.24, 2.45) is 5.92 Å². The third-order valence-electron chi connectivity index (χ3n) is 7.00. The van der Waals surface area contributed by atoms with Gasteiger partial charge in [0.15, 0.2) is 0 Å². The first kappa shape index (κ1) is 32.9. The monoisotopic (exact) mass is 614 g/mol. The summed E-state index contributed by atoms with van der Waals surface area (Å²) in [7, 11) is 1.72. The van der Waals surface area contributed by atoms with E-state index in [9.17, 15) is 14.7 Å². The number of aliphatic hydroxyl groups excluding tert-OH is 1. The Labute approximate surface area is 264 Å². The predicted octanol–water partition coefficient (Wildman–Crippen LogP) is 5.25. The molecule has 4 aromatic rings. The van der Waals surface area contributed by atoms with Gasteiger partial charge in [-0.05, 0) is 60.7 Å². The second-order valence-corrected chi connectivity index (χ2v) is 12.4. The molecule has 0 fully saturated rings. The zero-order chi connectivity index (χ0) is 31.5. The van der Waals surface area contributed by atoms with Gasteiger partial charge in [0.2, 0.25) is 0 Å². The summed E-state index contributed by atoms with van der Waals surface area (Å²) in [6, 6.07) is 23.8. The van der Waals surface area contributed by atoms with Crippen LogP contribution in [-0.4, -0.2) is 59.1 Å². The molecule has 9 heteroatoms. The lowest BCUT2D eigenvalue weighted by Crippen LogP contribution is -2.48. The Kier molecular flexibility index (Phi) is 12.1. The highest BCUT2D eigenvalue weighted by atomic mass is 32.1. The van der Waals surface area contributed by atoms with Crippen molar-refractivity contribution in [1.82, 2.24) is 20.5 Å². The van der Waals surface area contributed by atoms with Gasteiger partial charge in [-0.1, -0.05) is 62.4 Å². The number of aromatic nitrogens is 1. The molecule has 0 aliphatic carbocycles. The molecule has 4 rings (SSSR count). The second kappa shape index (κ2) is 16.1. The lowest BCUT2D eigenvalue weighted by atomic mass is 10.00. The topological polar surface area (TPSA) is 104 Å². The number of aliphatic hydroxyl groups is 1. The molecule has 1 heterocycles. The summed E-state index contributed by atoms with van der Waals surface area (Å²) in [5.74, 6) is 0.702. The minimum absolute atomic E-state index is 0.198. The van der Waals surface area contributed by atoms with Crippen molar-refractivity contribution in [3.8, 4) is 5.75 Å². The van der Waals surface area contributed by atoms with E-state index in [1.54, 1.807) is 36.2 Å². The van der Waals surface area contributed by atoms with Crippen LogP contribution in [-0.2, 0) is 19.5 Å². The molecule has 0 saturated heterocycles. The van der Waals surface area contributed by atoms with Gasteiger partial charge in [-0.25, -0.2) is 4.98 Å². The average Bonchev–Trinajstić information content (AvgIpc) is 3.44. The van der Waals surface area contributed by atoms with Gasteiger partial charge in [0.1, 0.15) is 10.8 Å². The molecule has 232 valence electrons. The molecule has 0 aliphatic heterocycles. The molecule has 3 N–H and O–H groups in total. The van der Waals surface area contributed by atoms with Crippen molar-refractivity contribution in [3.63, 3.8) is 0 Å². The first-order chi connectivity index (χ1) is 21.2. The number of ether oxygens (including phenoxy) is 1. The summed E-state index contributed by atoms with van der Waals surface area (Å²) in [5.41, 5.74) is 3.72. The van der Waals surface area contributed by atoms with Crippen LogP contribution in [0.4, 0.5) is 0 Å². The van der Waals surface area contributed by atoms with E-state index < -0.39 is 12.1 Å². The lowest BCUT2D eigenvalue weighted by molar-refractivity contribution is 0.0784. The van der Waals surface area contributed by atoms with Crippen LogP contribution < -0.4 is 15.4 Å². The van der Waals surface area contributed by atoms with Crippen molar-refractivity contribution < 1.29 is 19.4 Å². The Balaban J connectivity index is 1.40. The third kappa shape index (κ3) is 10.0. The van der Waals surface area contributed by atoms with Crippen LogP contribution in [0.1, 0.15) is 56.4 Å². The summed E-state index contributed by atoms with van der Waals surface area (Å²) >= 11 is 1.51. The minimum Gasteiger partial charge on any atom is -0.493 e. The molecule has 0 aliphatic rings. The fourth-order valence-corrected chi connectivity index (χ4v) is 5.51. The van der Waals surface area contributed by atoms with Gasteiger partial charge < -0.3 is 25.4 Å². The number of nitrogens with zero attached hydrogens (tertiary/aromatic N) is 2. The number of hydrogen-bond acceptors (Lipinski definition) is 7. The lowest BCUT2D eigenvalue weighted by Gasteiger charge is -2.25. The van der Waals surface area contributed by atoms with E-state index in [-0.39, 0.29) is 18.4 Å². The number of nitrogens with one attached hydrogen (secondary N) is 2. The zero-order valence-electron chi connectivity index (χ0n) is 25.8. The summed E-state index contributed by atoms with van der Waals surface area (Å²) in [5, 5.41) is 20.4. The van der Waals surface area contributed by atoms with Crippen LogP contribution in [0.5, 0.6) is 5.75 Å². The van der Waals surface area contributed by atoms with Crippen molar-refractivity contribution in [2.75, 3.05) is 20.2 Å². The number of benzene rings is 3. The summed E-state index contributed by atoms with van der Waals surface area (Å²) in [6.07, 6.45) is -0.417. The number of aryl methyl sites for hydroxylation is 1. The third-order valence-corrected chi connectivity index (χ3v) is 7.95. The highest BCUT2D eigenvalue weighted by Gasteiger charge is 2.23. The van der Waals surface area contributed by atoms with Crippen LogP contribution in [0.25, 0.3) is 0 Å². The number of thiazole rings is 1. The largest absolute Gasteiger partial charge is 0.493 e. The maximum absolute atomic E-state index is 13.4. The van der Waals surface area contributed by atoms with Gasteiger partial charge in [-0.3, -0.25) is 9.59 Å². The van der Waals surface area contributed by atoms with Gasteiger partial charge in [-0.2, -0.15) is 0 Å². The molecule has 2 atom stereocenters. The van der Waals surface area contributed by atoms with Crippen LogP contribution in [0.3, 0.4) is 0 Å². The molecule has 2 amide bonds. The molecule has 0 radical (unpaired) electrons. The molecule has 0 spiro atoms. The van der Waals surface area contributed by atoms with Crippen LogP contribution >= 0.6 is 11.3 Å². The Hall–Kier alpha value is -4.05. The van der Waals surface area contributed by atoms with Gasteiger partial charge in [0, 0.05) is 42.3 Å². The van der Waals surface area contributed by atoms with Crippen molar-refractivity contribution in [1.29, 1.82) is 0 Å². The zero-order valence-corrected chi connectivity index (χ0v) is 26.6. The van der Waals surface area contributed by atoms with Gasteiger partial charge in [0.05, 0.1) is 25.3 Å². The van der Waals surface area contributed by atoms with Gasteiger partial charge in [-0.15, -0.1) is 11.3 Å². The van der Waals surface area contributed by atoms with E-state index in [0.717, 1.165) is 27.6 Å². The Morgan fingerprint density at radius 1 is 0.977 bits per heavy atom. The number of rotatable bonds is 15. The molecule has 8 nitrogen and oxygen atoms in total. The average molecular weight is 615 g/mol. The highest BCUT2D eigenvalue weighted by molar-refractivity contribution is 7.09. The van der Waals surface area contributed by atoms with Crippen molar-refractivity contribution >= 4 is 23.2 Å². The standard InChI is InChI=1S/C35H42N4O4S/c1-24(2)22-43-30-15-8-12-27(16-30)19-36-20-32(40)31(17-26-10-6-5-7-11-26)38-34(41)28-13-9-14-29(18-28)35(42)39(4)21-33-37-25(3)23-44-33/h5-16,18,23-24,31-32,36,40H,17,19-22H2,1-4H3,(H,38,41)/t31-,32+/m0/s1. The maximum Gasteiger partial charge on any atom is 0.253 e. The Morgan fingerprint density at radius 2 is 1.70 bits per heavy atom. The smallest absolute Gasteiger partial charge is 0.253 e. The quantitative estimate of drug-likeness (QED) is 0.169. The second-order valence-electron chi connectivity index (χ2n) is 11.4. The fraction of sp³-hybridized carbons (Fsp3) is 0.343. The molecule has 0 bridgehead atoms. The molecular formula is C35H42N4O4S. The van der Waals surface area contributed by atoms with E-state index in [1.165, 1.54) is 11.3 Å². The van der Waals surface area contributed by atoms with Gasteiger partial charge in [0.25, 0.3) is 11.8 Å². The number of amides is 2. The normalized spacial score (nSPS) is 12.5. The van der Waals surface area contributed by atoms with Crippen molar-refractivity contribution in [2.45, 2.75) is 52.4 Å². The first-order valence-corrected chi connectivity index (χ1v) is 15.8. The number of carbonyl (C=O) groups excluding carboxylic acids is 2. The highest BCUT2D eigenvalue weighted by Crippen LogP contribution is 2.16. The van der Waals surface area contributed by atoms with Gasteiger partial charge >= 0.3 is 0 Å². The van der Waals surface area contributed by atoms with E-state index in [2.05, 4.69) is 29.5 Å². The summed E-state index contributed by atoms with van der Waals surface area (Å²) in [4.78, 5) is 32.6. The first-order valence-electron chi connectivity index (χ1n) is 14.9. The van der Waals surface area contributed by atoms with Crippen molar-refractivity contribution in [3.05, 3.63) is 117 Å². The van der Waals surface area contributed by atoms with Crippen LogP contribution in [0, 0.1) is 12.8 Å². The fourth-order valence-electron chi connectivity index (χ4n) is 4.68. The van der Waals surface area contributed by atoms with E-state index in [1.807, 2.05) is 66.9 Å². The molecule has 0 saturated carbocycles. The molecule has 3 aromatic carbocycles. The minimum atomic E-state index is -0.864. The SMILES string of the molecule is Cc1csc(CN(C)C(=O)c2cccc(C(=O)N[C@@H](Cc3ccccc3)[C@H](O)CNCc3cccc(OCC(C)C)c3)c2)n1. The number of hydrogen-bond donors (Lipinski definition) is 3. The summed E-state index contributed by atoms with van der Waals surface area (Å²) < 4.78 is 5.84. The van der Waals surface area contributed by atoms with Crippen LogP contribution in [0.2, 0.25) is 0 Å².